The van der Waals surface area contributed by atoms with Gasteiger partial charge >= 0.3 is 6.18 Å². The van der Waals surface area contributed by atoms with Crippen molar-refractivity contribution in [2.24, 2.45) is 0 Å². The van der Waals surface area contributed by atoms with Crippen LogP contribution in [-0.2, 0) is 6.18 Å². The summed E-state index contributed by atoms with van der Waals surface area (Å²) in [6.07, 6.45) is -3.54. The predicted molar refractivity (Wildman–Crippen MR) is 72.5 cm³/mol. The van der Waals surface area contributed by atoms with Crippen LogP contribution in [0.5, 0.6) is 5.75 Å². The van der Waals surface area contributed by atoms with Crippen molar-refractivity contribution in [3.05, 3.63) is 53.7 Å². The molecule has 0 bridgehead atoms. The van der Waals surface area contributed by atoms with E-state index in [0.29, 0.717) is 0 Å². The van der Waals surface area contributed by atoms with E-state index in [0.717, 1.165) is 18.3 Å². The quantitative estimate of drug-likeness (QED) is 0.891. The molecule has 0 aliphatic heterocycles. The van der Waals surface area contributed by atoms with E-state index in [2.05, 4.69) is 10.3 Å². The van der Waals surface area contributed by atoms with Gasteiger partial charge in [-0.2, -0.15) is 13.2 Å². The zero-order valence-electron chi connectivity index (χ0n) is 10.4. The van der Waals surface area contributed by atoms with Gasteiger partial charge in [0.1, 0.15) is 11.6 Å². The van der Waals surface area contributed by atoms with Gasteiger partial charge in [-0.1, -0.05) is 12.1 Å². The normalized spacial score (nSPS) is 10.6. The summed E-state index contributed by atoms with van der Waals surface area (Å²) >= 11 is 0. The minimum Gasteiger partial charge on any atom is -0.506 e. The zero-order valence-corrected chi connectivity index (χ0v) is 11.2. The van der Waals surface area contributed by atoms with Crippen molar-refractivity contribution in [3.63, 3.8) is 0 Å². The summed E-state index contributed by atoms with van der Waals surface area (Å²) in [6.45, 7) is 0. The smallest absolute Gasteiger partial charge is 0.417 e. The van der Waals surface area contributed by atoms with E-state index >= 15 is 0 Å². The van der Waals surface area contributed by atoms with E-state index in [4.69, 9.17) is 5.11 Å². The monoisotopic (exact) mass is 318 g/mol. The Labute approximate surface area is 124 Å². The second-order valence-corrected chi connectivity index (χ2v) is 3.90. The summed E-state index contributed by atoms with van der Waals surface area (Å²) in [5, 5.41) is 11.3. The molecule has 0 fully saturated rings. The predicted octanol–water partition coefficient (Wildman–Crippen LogP) is 3.48. The highest BCUT2D eigenvalue weighted by molar-refractivity contribution is 6.04. The number of hydrogen-bond donors (Lipinski definition) is 2. The first-order valence-electron chi connectivity index (χ1n) is 5.50. The average molecular weight is 319 g/mol. The van der Waals surface area contributed by atoms with Crippen molar-refractivity contribution in [2.45, 2.75) is 6.18 Å². The van der Waals surface area contributed by atoms with E-state index < -0.39 is 23.2 Å². The standard InChI is InChI=1S/C13H9F3N2O2.ClH/c14-13(15,16)10-4-2-1-3-9(10)12(20)18-11-6-5-8(19)7-17-11;/h1-7,19H,(H,17,18,20);1H. The van der Waals surface area contributed by atoms with Crippen LogP contribution in [0.4, 0.5) is 19.0 Å². The third-order valence-electron chi connectivity index (χ3n) is 2.47. The van der Waals surface area contributed by atoms with Crippen LogP contribution < -0.4 is 5.32 Å². The number of anilines is 1. The fraction of sp³-hybridized carbons (Fsp3) is 0.0769. The van der Waals surface area contributed by atoms with Gasteiger partial charge in [0.2, 0.25) is 0 Å². The molecule has 0 saturated heterocycles. The lowest BCUT2D eigenvalue weighted by Crippen LogP contribution is -2.19. The summed E-state index contributed by atoms with van der Waals surface area (Å²) in [4.78, 5) is 15.5. The number of rotatable bonds is 2. The molecule has 2 aromatic rings. The molecule has 4 nitrogen and oxygen atoms in total. The number of pyridine rings is 1. The molecule has 21 heavy (non-hydrogen) atoms. The number of aromatic hydroxyl groups is 1. The molecule has 0 radical (unpaired) electrons. The Kier molecular flexibility index (Phi) is 5.15. The highest BCUT2D eigenvalue weighted by Crippen LogP contribution is 2.32. The van der Waals surface area contributed by atoms with Crippen LogP contribution >= 0.6 is 12.4 Å². The van der Waals surface area contributed by atoms with E-state index in [1.165, 1.54) is 24.3 Å². The Morgan fingerprint density at radius 1 is 1.14 bits per heavy atom. The van der Waals surface area contributed by atoms with Crippen LogP contribution in [0.25, 0.3) is 0 Å². The number of carbonyl (C=O) groups is 1. The van der Waals surface area contributed by atoms with Crippen LogP contribution in [0.1, 0.15) is 15.9 Å². The first-order chi connectivity index (χ1) is 9.38. The molecule has 1 heterocycles. The average Bonchev–Trinajstić information content (AvgIpc) is 2.40. The van der Waals surface area contributed by atoms with Gasteiger partial charge in [-0.3, -0.25) is 4.79 Å². The Balaban J connectivity index is 0.00000220. The molecule has 1 aromatic carbocycles. The van der Waals surface area contributed by atoms with Crippen LogP contribution in [0, 0.1) is 0 Å². The van der Waals surface area contributed by atoms with Crippen molar-refractivity contribution < 1.29 is 23.1 Å². The zero-order chi connectivity index (χ0) is 14.8. The molecular weight excluding hydrogens is 309 g/mol. The second kappa shape index (κ2) is 6.45. The summed E-state index contributed by atoms with van der Waals surface area (Å²) in [7, 11) is 0. The fourth-order valence-corrected chi connectivity index (χ4v) is 1.57. The van der Waals surface area contributed by atoms with Gasteiger partial charge in [-0.05, 0) is 24.3 Å². The lowest BCUT2D eigenvalue weighted by molar-refractivity contribution is -0.137. The molecule has 0 atom stereocenters. The van der Waals surface area contributed by atoms with Crippen LogP contribution in [0.2, 0.25) is 0 Å². The SMILES string of the molecule is Cl.O=C(Nc1ccc(O)cn1)c1ccccc1C(F)(F)F. The lowest BCUT2D eigenvalue weighted by atomic mass is 10.1. The summed E-state index contributed by atoms with van der Waals surface area (Å²) in [5.41, 5.74) is -1.51. The van der Waals surface area contributed by atoms with Gasteiger partial charge in [0.25, 0.3) is 5.91 Å². The number of aromatic nitrogens is 1. The Morgan fingerprint density at radius 3 is 2.38 bits per heavy atom. The highest BCUT2D eigenvalue weighted by atomic mass is 35.5. The van der Waals surface area contributed by atoms with Gasteiger partial charge in [0.05, 0.1) is 17.3 Å². The van der Waals surface area contributed by atoms with Gasteiger partial charge in [-0.25, -0.2) is 4.98 Å². The number of carbonyl (C=O) groups excluding carboxylic acids is 1. The molecule has 0 saturated carbocycles. The molecule has 0 aliphatic carbocycles. The van der Waals surface area contributed by atoms with E-state index in [1.54, 1.807) is 0 Å². The molecule has 0 unspecified atom stereocenters. The number of nitrogens with one attached hydrogen (secondary N) is 1. The minimum atomic E-state index is -4.61. The van der Waals surface area contributed by atoms with Gasteiger partial charge in [0.15, 0.2) is 0 Å². The largest absolute Gasteiger partial charge is 0.506 e. The third-order valence-corrected chi connectivity index (χ3v) is 2.47. The number of hydrogen-bond acceptors (Lipinski definition) is 3. The Hall–Kier alpha value is -2.28. The fourth-order valence-electron chi connectivity index (χ4n) is 1.57. The molecule has 1 aromatic heterocycles. The maximum Gasteiger partial charge on any atom is 0.417 e. The number of nitrogens with zero attached hydrogens (tertiary/aromatic N) is 1. The van der Waals surface area contributed by atoms with Crippen molar-refractivity contribution in [3.8, 4) is 5.75 Å². The van der Waals surface area contributed by atoms with Crippen LogP contribution in [-0.4, -0.2) is 16.0 Å². The first kappa shape index (κ1) is 16.8. The van der Waals surface area contributed by atoms with Crippen molar-refractivity contribution in [1.29, 1.82) is 0 Å². The molecule has 2 N–H and O–H groups in total. The molecule has 8 heteroatoms. The maximum atomic E-state index is 12.8. The third kappa shape index (κ3) is 4.09. The summed E-state index contributed by atoms with van der Waals surface area (Å²) in [5.74, 6) is -0.986. The number of alkyl halides is 3. The molecular formula is C13H10ClF3N2O2. The van der Waals surface area contributed by atoms with Crippen LogP contribution in [0.15, 0.2) is 42.6 Å². The molecule has 1 amide bonds. The minimum absolute atomic E-state index is 0. The Morgan fingerprint density at radius 2 is 1.81 bits per heavy atom. The summed E-state index contributed by atoms with van der Waals surface area (Å²) < 4.78 is 38.3. The van der Waals surface area contributed by atoms with Crippen molar-refractivity contribution in [2.75, 3.05) is 5.32 Å². The van der Waals surface area contributed by atoms with Crippen LogP contribution in [0.3, 0.4) is 0 Å². The lowest BCUT2D eigenvalue weighted by Gasteiger charge is -2.12. The number of benzene rings is 1. The topological polar surface area (TPSA) is 62.2 Å². The van der Waals surface area contributed by atoms with Crippen molar-refractivity contribution >= 4 is 24.1 Å². The maximum absolute atomic E-state index is 12.8. The molecule has 2 rings (SSSR count). The Bertz CT molecular complexity index is 630. The summed E-state index contributed by atoms with van der Waals surface area (Å²) in [6, 6.07) is 7.01. The van der Waals surface area contributed by atoms with E-state index in [1.807, 2.05) is 0 Å². The van der Waals surface area contributed by atoms with E-state index in [-0.39, 0.29) is 24.0 Å². The second-order valence-electron chi connectivity index (χ2n) is 3.90. The number of halogens is 4. The molecule has 0 aliphatic rings. The van der Waals surface area contributed by atoms with Gasteiger partial charge < -0.3 is 10.4 Å². The van der Waals surface area contributed by atoms with Crippen molar-refractivity contribution in [1.82, 2.24) is 4.98 Å². The highest BCUT2D eigenvalue weighted by Gasteiger charge is 2.34. The molecule has 112 valence electrons. The van der Waals surface area contributed by atoms with E-state index in [9.17, 15) is 18.0 Å². The van der Waals surface area contributed by atoms with Gasteiger partial charge in [0, 0.05) is 0 Å². The van der Waals surface area contributed by atoms with Gasteiger partial charge in [-0.15, -0.1) is 12.4 Å². The first-order valence-corrected chi connectivity index (χ1v) is 5.50. The molecule has 0 spiro atoms. The number of amides is 1.